The fourth-order valence-corrected chi connectivity index (χ4v) is 3.76. The highest BCUT2D eigenvalue weighted by molar-refractivity contribution is 5.10. The van der Waals surface area contributed by atoms with E-state index in [0.29, 0.717) is 5.92 Å². The minimum absolute atomic E-state index is 0.101. The smallest absolute Gasteiger partial charge is 0.0813 e. The molecule has 0 saturated carbocycles. The first-order chi connectivity index (χ1) is 10.3. The van der Waals surface area contributed by atoms with Gasteiger partial charge < -0.3 is 9.47 Å². The molecule has 2 aliphatic heterocycles. The fraction of sp³-hybridized carbons (Fsp3) is 0.706. The normalized spacial score (nSPS) is 30.0. The minimum atomic E-state index is 0.101. The van der Waals surface area contributed by atoms with E-state index in [2.05, 4.69) is 22.0 Å². The van der Waals surface area contributed by atoms with Crippen molar-refractivity contribution < 1.29 is 9.47 Å². The number of hydrogen-bond donors (Lipinski definition) is 0. The molecule has 0 unspecified atom stereocenters. The third-order valence-electron chi connectivity index (χ3n) is 4.79. The number of ether oxygens (including phenoxy) is 2. The maximum Gasteiger partial charge on any atom is 0.0813 e. The number of pyridine rings is 1. The molecule has 3 rings (SSSR count). The number of piperidine rings is 1. The number of nitrogens with zero attached hydrogens (tertiary/aromatic N) is 2. The summed E-state index contributed by atoms with van der Waals surface area (Å²) in [6.07, 6.45) is 8.53. The Labute approximate surface area is 127 Å². The molecule has 0 aliphatic carbocycles. The Morgan fingerprint density at radius 1 is 1.43 bits per heavy atom. The van der Waals surface area contributed by atoms with Gasteiger partial charge in [0, 0.05) is 39.2 Å². The zero-order chi connectivity index (χ0) is 14.5. The zero-order valence-corrected chi connectivity index (χ0v) is 13.0. The summed E-state index contributed by atoms with van der Waals surface area (Å²) in [7, 11) is 1.78. The van der Waals surface area contributed by atoms with Crippen molar-refractivity contribution in [2.75, 3.05) is 33.4 Å². The molecule has 2 saturated heterocycles. The van der Waals surface area contributed by atoms with Crippen molar-refractivity contribution in [2.45, 2.75) is 37.8 Å². The summed E-state index contributed by atoms with van der Waals surface area (Å²) in [4.78, 5) is 6.63. The van der Waals surface area contributed by atoms with E-state index < -0.39 is 0 Å². The number of rotatable bonds is 5. The molecule has 4 heteroatoms. The SMILES string of the molecule is COCC[C@H]1CO[C@]2(CCCN(Cc3ccncc3)C2)C1. The molecule has 3 heterocycles. The molecule has 0 amide bonds. The van der Waals surface area contributed by atoms with E-state index in [9.17, 15) is 0 Å². The van der Waals surface area contributed by atoms with Crippen LogP contribution in [0.25, 0.3) is 0 Å². The molecule has 116 valence electrons. The van der Waals surface area contributed by atoms with Crippen molar-refractivity contribution in [3.63, 3.8) is 0 Å². The monoisotopic (exact) mass is 290 g/mol. The van der Waals surface area contributed by atoms with Crippen molar-refractivity contribution in [3.05, 3.63) is 30.1 Å². The van der Waals surface area contributed by atoms with E-state index in [1.165, 1.54) is 31.4 Å². The van der Waals surface area contributed by atoms with Crippen LogP contribution in [0.15, 0.2) is 24.5 Å². The van der Waals surface area contributed by atoms with Crippen molar-refractivity contribution in [1.82, 2.24) is 9.88 Å². The predicted molar refractivity (Wildman–Crippen MR) is 82.0 cm³/mol. The minimum Gasteiger partial charge on any atom is -0.385 e. The number of aromatic nitrogens is 1. The molecule has 0 radical (unpaired) electrons. The highest BCUT2D eigenvalue weighted by Crippen LogP contribution is 2.38. The van der Waals surface area contributed by atoms with Crippen molar-refractivity contribution in [1.29, 1.82) is 0 Å². The molecule has 2 aliphatic rings. The molecule has 21 heavy (non-hydrogen) atoms. The Hall–Kier alpha value is -0.970. The molecule has 0 aromatic carbocycles. The Balaban J connectivity index is 1.56. The first-order valence-electron chi connectivity index (χ1n) is 8.04. The zero-order valence-electron chi connectivity index (χ0n) is 13.0. The van der Waals surface area contributed by atoms with Gasteiger partial charge in [0.1, 0.15) is 0 Å². The summed E-state index contributed by atoms with van der Waals surface area (Å²) in [5, 5.41) is 0. The lowest BCUT2D eigenvalue weighted by Gasteiger charge is -2.40. The second kappa shape index (κ2) is 6.86. The lowest BCUT2D eigenvalue weighted by molar-refractivity contribution is -0.0535. The Kier molecular flexibility index (Phi) is 4.88. The van der Waals surface area contributed by atoms with Crippen LogP contribution in [0.2, 0.25) is 0 Å². The topological polar surface area (TPSA) is 34.6 Å². The maximum absolute atomic E-state index is 6.25. The summed E-state index contributed by atoms with van der Waals surface area (Å²) < 4.78 is 11.5. The van der Waals surface area contributed by atoms with Crippen LogP contribution in [0.4, 0.5) is 0 Å². The Morgan fingerprint density at radius 3 is 3.10 bits per heavy atom. The molecule has 4 nitrogen and oxygen atoms in total. The molecule has 1 aromatic rings. The number of methoxy groups -OCH3 is 1. The summed E-state index contributed by atoms with van der Waals surface area (Å²) in [6, 6.07) is 4.22. The van der Waals surface area contributed by atoms with Gasteiger partial charge in [-0.15, -0.1) is 0 Å². The summed E-state index contributed by atoms with van der Waals surface area (Å²) in [5.41, 5.74) is 1.44. The second-order valence-electron chi connectivity index (χ2n) is 6.52. The fourth-order valence-electron chi connectivity index (χ4n) is 3.76. The van der Waals surface area contributed by atoms with Gasteiger partial charge in [-0.1, -0.05) is 0 Å². The molecule has 2 atom stereocenters. The Morgan fingerprint density at radius 2 is 2.29 bits per heavy atom. The van der Waals surface area contributed by atoms with E-state index >= 15 is 0 Å². The molecule has 1 spiro atoms. The van der Waals surface area contributed by atoms with Crippen LogP contribution in [-0.4, -0.2) is 48.9 Å². The maximum atomic E-state index is 6.25. The molecule has 1 aromatic heterocycles. The van der Waals surface area contributed by atoms with Crippen molar-refractivity contribution in [2.24, 2.45) is 5.92 Å². The quantitative estimate of drug-likeness (QED) is 0.834. The van der Waals surface area contributed by atoms with Gasteiger partial charge in [0.2, 0.25) is 0 Å². The van der Waals surface area contributed by atoms with E-state index in [0.717, 1.165) is 32.7 Å². The van der Waals surface area contributed by atoms with E-state index in [1.54, 1.807) is 7.11 Å². The summed E-state index contributed by atoms with van der Waals surface area (Å²) >= 11 is 0. The van der Waals surface area contributed by atoms with Gasteiger partial charge >= 0.3 is 0 Å². The van der Waals surface area contributed by atoms with Crippen LogP contribution < -0.4 is 0 Å². The molecule has 0 bridgehead atoms. The van der Waals surface area contributed by atoms with Crippen LogP contribution in [0.1, 0.15) is 31.2 Å². The van der Waals surface area contributed by atoms with Gasteiger partial charge in [0.05, 0.1) is 12.2 Å². The van der Waals surface area contributed by atoms with E-state index in [1.807, 2.05) is 12.4 Å². The largest absolute Gasteiger partial charge is 0.385 e. The molecule has 0 N–H and O–H groups in total. The number of hydrogen-bond acceptors (Lipinski definition) is 4. The summed E-state index contributed by atoms with van der Waals surface area (Å²) in [5.74, 6) is 0.672. The predicted octanol–water partition coefficient (Wildman–Crippen LogP) is 2.49. The van der Waals surface area contributed by atoms with Crippen LogP contribution >= 0.6 is 0 Å². The lowest BCUT2D eigenvalue weighted by atomic mass is 9.85. The van der Waals surface area contributed by atoms with Gasteiger partial charge in [-0.3, -0.25) is 9.88 Å². The molecular formula is C17H26N2O2. The first-order valence-corrected chi connectivity index (χ1v) is 8.04. The first kappa shape index (κ1) is 14.9. The standard InChI is InChI=1S/C17H26N2O2/c1-20-10-5-16-11-17(21-13-16)6-2-9-19(14-17)12-15-3-7-18-8-4-15/h3-4,7-8,16H,2,5-6,9-14H2,1H3/t16-,17-/m1/s1. The highest BCUT2D eigenvalue weighted by atomic mass is 16.5. The van der Waals surface area contributed by atoms with Gasteiger partial charge in [0.15, 0.2) is 0 Å². The number of likely N-dealkylation sites (tertiary alicyclic amines) is 1. The summed E-state index contributed by atoms with van der Waals surface area (Å²) in [6.45, 7) is 5.02. The van der Waals surface area contributed by atoms with Gasteiger partial charge in [-0.05, 0) is 55.8 Å². The van der Waals surface area contributed by atoms with Crippen LogP contribution in [0.3, 0.4) is 0 Å². The lowest BCUT2D eigenvalue weighted by Crippen LogP contribution is -2.47. The van der Waals surface area contributed by atoms with Crippen molar-refractivity contribution in [3.8, 4) is 0 Å². The molecular weight excluding hydrogens is 264 g/mol. The van der Waals surface area contributed by atoms with Gasteiger partial charge in [-0.25, -0.2) is 0 Å². The Bertz CT molecular complexity index is 440. The molecule has 2 fully saturated rings. The van der Waals surface area contributed by atoms with Crippen LogP contribution in [0.5, 0.6) is 0 Å². The third-order valence-corrected chi connectivity index (χ3v) is 4.79. The third kappa shape index (κ3) is 3.82. The van der Waals surface area contributed by atoms with Crippen molar-refractivity contribution >= 4 is 0 Å². The average molecular weight is 290 g/mol. The average Bonchev–Trinajstić information content (AvgIpc) is 2.89. The highest BCUT2D eigenvalue weighted by Gasteiger charge is 2.42. The van der Waals surface area contributed by atoms with Gasteiger partial charge in [-0.2, -0.15) is 0 Å². The van der Waals surface area contributed by atoms with Crippen LogP contribution in [0, 0.1) is 5.92 Å². The van der Waals surface area contributed by atoms with E-state index in [4.69, 9.17) is 9.47 Å². The second-order valence-corrected chi connectivity index (χ2v) is 6.52. The van der Waals surface area contributed by atoms with Gasteiger partial charge in [0.25, 0.3) is 0 Å². The van der Waals surface area contributed by atoms with Crippen LogP contribution in [-0.2, 0) is 16.0 Å². The van der Waals surface area contributed by atoms with E-state index in [-0.39, 0.29) is 5.60 Å².